The monoisotopic (exact) mass is 365 g/mol. The summed E-state index contributed by atoms with van der Waals surface area (Å²) in [4.78, 5) is 14.2. The normalized spacial score (nSPS) is 20.0. The highest BCUT2D eigenvalue weighted by atomic mass is 32.2. The highest BCUT2D eigenvalue weighted by Gasteiger charge is 2.20. The molecule has 3 rings (SSSR count). The summed E-state index contributed by atoms with van der Waals surface area (Å²) in [5.74, 6) is 0.761. The van der Waals surface area contributed by atoms with Crippen LogP contribution >= 0.6 is 0 Å². The number of hydrogen-bond acceptors (Lipinski definition) is 4. The molecule has 1 saturated heterocycles. The molecule has 0 atom stereocenters. The Morgan fingerprint density at radius 2 is 2.00 bits per heavy atom. The van der Waals surface area contributed by atoms with E-state index >= 15 is 0 Å². The Hall–Kier alpha value is -1.44. The first-order valence-corrected chi connectivity index (χ1v) is 10.6. The van der Waals surface area contributed by atoms with Crippen molar-refractivity contribution in [3.63, 3.8) is 0 Å². The summed E-state index contributed by atoms with van der Waals surface area (Å²) >= 11 is 0. The van der Waals surface area contributed by atoms with Crippen LogP contribution in [0.5, 0.6) is 0 Å². The lowest BCUT2D eigenvalue weighted by Crippen LogP contribution is -2.39. The number of carbonyl (C=O) groups is 1. The SMILES string of the molecule is CC1CCN(CCNS(=O)(=O)c2ccc3c(c2)CCCC(=O)N3)CC1. The first-order valence-electron chi connectivity index (χ1n) is 9.09. The number of hydrogen-bond donors (Lipinski definition) is 2. The van der Waals surface area contributed by atoms with Crippen molar-refractivity contribution in [1.82, 2.24) is 9.62 Å². The summed E-state index contributed by atoms with van der Waals surface area (Å²) in [5, 5.41) is 2.83. The van der Waals surface area contributed by atoms with E-state index in [2.05, 4.69) is 21.9 Å². The number of carbonyl (C=O) groups excluding carboxylic acids is 1. The van der Waals surface area contributed by atoms with Gasteiger partial charge in [-0.05, 0) is 68.5 Å². The molecule has 2 N–H and O–H groups in total. The number of benzene rings is 1. The molecule has 0 aromatic heterocycles. The van der Waals surface area contributed by atoms with E-state index in [1.807, 2.05) is 0 Å². The number of nitrogens with one attached hydrogen (secondary N) is 2. The molecule has 25 heavy (non-hydrogen) atoms. The highest BCUT2D eigenvalue weighted by Crippen LogP contribution is 2.25. The van der Waals surface area contributed by atoms with Crippen molar-refractivity contribution >= 4 is 21.6 Å². The Morgan fingerprint density at radius 1 is 1.24 bits per heavy atom. The largest absolute Gasteiger partial charge is 0.326 e. The maximum Gasteiger partial charge on any atom is 0.240 e. The summed E-state index contributed by atoms with van der Waals surface area (Å²) in [6.07, 6.45) is 4.29. The molecule has 2 aliphatic heterocycles. The van der Waals surface area contributed by atoms with Crippen LogP contribution in [0.3, 0.4) is 0 Å². The van der Waals surface area contributed by atoms with Crippen molar-refractivity contribution in [3.8, 4) is 0 Å². The van der Waals surface area contributed by atoms with Crippen LogP contribution in [0.15, 0.2) is 23.1 Å². The second-order valence-electron chi connectivity index (χ2n) is 7.14. The van der Waals surface area contributed by atoms with Gasteiger partial charge in [0.05, 0.1) is 4.90 Å². The fourth-order valence-electron chi connectivity index (χ4n) is 3.43. The first kappa shape index (κ1) is 18.4. The zero-order chi connectivity index (χ0) is 17.9. The lowest BCUT2D eigenvalue weighted by Gasteiger charge is -2.30. The molecule has 0 saturated carbocycles. The van der Waals surface area contributed by atoms with Gasteiger partial charge in [-0.2, -0.15) is 0 Å². The maximum absolute atomic E-state index is 12.5. The molecule has 1 fully saturated rings. The van der Waals surface area contributed by atoms with Crippen molar-refractivity contribution in [2.45, 2.75) is 43.9 Å². The van der Waals surface area contributed by atoms with E-state index < -0.39 is 10.0 Å². The van der Waals surface area contributed by atoms with Crippen molar-refractivity contribution in [2.75, 3.05) is 31.5 Å². The number of anilines is 1. The standard InChI is InChI=1S/C18H27N3O3S/c1-14-7-10-21(11-8-14)12-9-19-25(23,24)16-5-6-17-15(13-16)3-2-4-18(22)20-17/h5-6,13-14,19H,2-4,7-12H2,1H3,(H,20,22). The Labute approximate surface area is 150 Å². The van der Waals surface area contributed by atoms with Crippen molar-refractivity contribution < 1.29 is 13.2 Å². The Morgan fingerprint density at radius 3 is 2.76 bits per heavy atom. The number of nitrogens with zero attached hydrogens (tertiary/aromatic N) is 1. The van der Waals surface area contributed by atoms with Crippen molar-refractivity contribution in [3.05, 3.63) is 23.8 Å². The van der Waals surface area contributed by atoms with Gasteiger partial charge in [-0.3, -0.25) is 4.79 Å². The fraction of sp³-hybridized carbons (Fsp3) is 0.611. The summed E-state index contributed by atoms with van der Waals surface area (Å²) in [7, 11) is -3.52. The van der Waals surface area contributed by atoms with Crippen LogP contribution in [-0.2, 0) is 21.2 Å². The fourth-order valence-corrected chi connectivity index (χ4v) is 4.50. The topological polar surface area (TPSA) is 78.5 Å². The average molecular weight is 365 g/mol. The summed E-state index contributed by atoms with van der Waals surface area (Å²) in [6.45, 7) is 5.52. The molecule has 7 heteroatoms. The molecule has 1 amide bonds. The lowest BCUT2D eigenvalue weighted by atomic mass is 9.99. The van der Waals surface area contributed by atoms with Gasteiger partial charge in [0, 0.05) is 25.2 Å². The molecule has 0 unspecified atom stereocenters. The molecule has 0 radical (unpaired) electrons. The molecule has 1 aromatic carbocycles. The van der Waals surface area contributed by atoms with Gasteiger partial charge in [0.2, 0.25) is 15.9 Å². The van der Waals surface area contributed by atoms with Gasteiger partial charge >= 0.3 is 0 Å². The zero-order valence-corrected chi connectivity index (χ0v) is 15.6. The lowest BCUT2D eigenvalue weighted by molar-refractivity contribution is -0.116. The molecule has 2 heterocycles. The van der Waals surface area contributed by atoms with E-state index in [0.717, 1.165) is 43.2 Å². The Bertz CT molecular complexity index is 725. The quantitative estimate of drug-likeness (QED) is 0.836. The third-order valence-electron chi connectivity index (χ3n) is 5.11. The van der Waals surface area contributed by atoms with Crippen LogP contribution < -0.4 is 10.0 Å². The minimum absolute atomic E-state index is 0.0108. The molecule has 0 aliphatic carbocycles. The van der Waals surface area contributed by atoms with E-state index in [1.54, 1.807) is 18.2 Å². The van der Waals surface area contributed by atoms with Gasteiger partial charge in [0.1, 0.15) is 0 Å². The third-order valence-corrected chi connectivity index (χ3v) is 6.57. The predicted octanol–water partition coefficient (Wildman–Crippen LogP) is 1.97. The van der Waals surface area contributed by atoms with Gasteiger partial charge in [0.25, 0.3) is 0 Å². The number of amides is 1. The minimum atomic E-state index is -3.52. The molecule has 0 bridgehead atoms. The predicted molar refractivity (Wildman–Crippen MR) is 98.0 cm³/mol. The molecule has 1 aromatic rings. The second-order valence-corrected chi connectivity index (χ2v) is 8.91. The van der Waals surface area contributed by atoms with E-state index in [1.165, 1.54) is 12.8 Å². The number of fused-ring (bicyclic) bond motifs is 1. The van der Waals surface area contributed by atoms with Crippen LogP contribution in [-0.4, -0.2) is 45.4 Å². The molecule has 0 spiro atoms. The molecular formula is C18H27N3O3S. The van der Waals surface area contributed by atoms with Gasteiger partial charge in [-0.15, -0.1) is 0 Å². The van der Waals surface area contributed by atoms with Gasteiger partial charge in [-0.1, -0.05) is 6.92 Å². The van der Waals surface area contributed by atoms with E-state index in [4.69, 9.17) is 0 Å². The second kappa shape index (κ2) is 7.85. The molecular weight excluding hydrogens is 338 g/mol. The number of rotatable bonds is 5. The molecule has 138 valence electrons. The van der Waals surface area contributed by atoms with Crippen LogP contribution in [0, 0.1) is 5.92 Å². The number of aryl methyl sites for hydroxylation is 1. The van der Waals surface area contributed by atoms with Crippen LogP contribution in [0.2, 0.25) is 0 Å². The van der Waals surface area contributed by atoms with E-state index in [0.29, 0.717) is 19.4 Å². The third kappa shape index (κ3) is 4.80. The first-order chi connectivity index (χ1) is 11.9. The Kier molecular flexibility index (Phi) is 5.76. The Balaban J connectivity index is 1.60. The maximum atomic E-state index is 12.5. The minimum Gasteiger partial charge on any atom is -0.326 e. The summed E-state index contributed by atoms with van der Waals surface area (Å²) < 4.78 is 27.8. The molecule has 2 aliphatic rings. The van der Waals surface area contributed by atoms with E-state index in [9.17, 15) is 13.2 Å². The van der Waals surface area contributed by atoms with Crippen molar-refractivity contribution in [2.24, 2.45) is 5.92 Å². The number of likely N-dealkylation sites (tertiary alicyclic amines) is 1. The summed E-state index contributed by atoms with van der Waals surface area (Å²) in [5.41, 5.74) is 1.61. The highest BCUT2D eigenvalue weighted by molar-refractivity contribution is 7.89. The molecule has 6 nitrogen and oxygen atoms in total. The summed E-state index contributed by atoms with van der Waals surface area (Å²) in [6, 6.07) is 4.94. The van der Waals surface area contributed by atoms with Crippen LogP contribution in [0.1, 0.15) is 38.2 Å². The van der Waals surface area contributed by atoms with Crippen LogP contribution in [0.25, 0.3) is 0 Å². The van der Waals surface area contributed by atoms with Crippen LogP contribution in [0.4, 0.5) is 5.69 Å². The number of piperidine rings is 1. The van der Waals surface area contributed by atoms with Gasteiger partial charge in [0.15, 0.2) is 0 Å². The van der Waals surface area contributed by atoms with Gasteiger partial charge < -0.3 is 10.2 Å². The average Bonchev–Trinajstić information content (AvgIpc) is 2.76. The number of sulfonamides is 1. The zero-order valence-electron chi connectivity index (χ0n) is 14.8. The van der Waals surface area contributed by atoms with E-state index in [-0.39, 0.29) is 10.8 Å². The van der Waals surface area contributed by atoms with Crippen molar-refractivity contribution in [1.29, 1.82) is 0 Å². The smallest absolute Gasteiger partial charge is 0.240 e. The van der Waals surface area contributed by atoms with Gasteiger partial charge in [-0.25, -0.2) is 13.1 Å².